The van der Waals surface area contributed by atoms with Gasteiger partial charge in [0.05, 0.1) is 35.1 Å². The Bertz CT molecular complexity index is 1510. The van der Waals surface area contributed by atoms with Gasteiger partial charge in [0.25, 0.3) is 5.56 Å². The summed E-state index contributed by atoms with van der Waals surface area (Å²) in [5.74, 6) is -0.459. The van der Waals surface area contributed by atoms with Crippen LogP contribution in [0.3, 0.4) is 0 Å². The molecule has 1 aromatic carbocycles. The second kappa shape index (κ2) is 7.63. The topological polar surface area (TPSA) is 96.4 Å². The van der Waals surface area contributed by atoms with Gasteiger partial charge in [-0.25, -0.2) is 9.78 Å². The van der Waals surface area contributed by atoms with E-state index in [-0.39, 0.29) is 24.3 Å². The average Bonchev–Trinajstić information content (AvgIpc) is 3.18. The third-order valence-electron chi connectivity index (χ3n) is 7.83. The Morgan fingerprint density at radius 2 is 2.06 bits per heavy atom. The van der Waals surface area contributed by atoms with Crippen LogP contribution < -0.4 is 11.3 Å². The lowest BCUT2D eigenvalue weighted by Crippen LogP contribution is -2.47. The molecule has 0 saturated carbocycles. The maximum absolute atomic E-state index is 13.8. The maximum atomic E-state index is 13.8. The van der Waals surface area contributed by atoms with Crippen LogP contribution in [0.15, 0.2) is 16.9 Å². The molecule has 0 amide bonds. The summed E-state index contributed by atoms with van der Waals surface area (Å²) in [5.41, 5.74) is 12.7. The van der Waals surface area contributed by atoms with Crippen molar-refractivity contribution in [2.75, 3.05) is 0 Å². The van der Waals surface area contributed by atoms with Crippen molar-refractivity contribution in [3.05, 3.63) is 60.9 Å². The van der Waals surface area contributed by atoms with Gasteiger partial charge in [-0.15, -0.1) is 0 Å². The highest BCUT2D eigenvalue weighted by Gasteiger charge is 2.49. The summed E-state index contributed by atoms with van der Waals surface area (Å²) < 4.78 is 13.4. The van der Waals surface area contributed by atoms with Gasteiger partial charge >= 0.3 is 5.97 Å². The number of ether oxygens (including phenoxy) is 2. The highest BCUT2D eigenvalue weighted by molar-refractivity contribution is 6.32. The van der Waals surface area contributed by atoms with E-state index in [0.29, 0.717) is 34.8 Å². The van der Waals surface area contributed by atoms with Crippen LogP contribution >= 0.6 is 11.6 Å². The van der Waals surface area contributed by atoms with Crippen LogP contribution in [0.4, 0.5) is 0 Å². The number of fused-ring (bicyclic) bond motifs is 5. The van der Waals surface area contributed by atoms with Crippen LogP contribution in [0.25, 0.3) is 22.3 Å². The Morgan fingerprint density at radius 3 is 2.77 bits per heavy atom. The summed E-state index contributed by atoms with van der Waals surface area (Å²) in [5, 5.41) is 1.75. The van der Waals surface area contributed by atoms with E-state index in [2.05, 4.69) is 0 Å². The second-order valence-corrected chi connectivity index (χ2v) is 10.5. The standard InChI is InChI=1S/C27H28ClN3O4/c1-5-27(35-12(2)3)17-8-21-24-15(10-31(21)25(32)16(17)11-34-26(27)33)22-19(29)7-6-14-13(4)18(28)9-20(30-24)23(14)22/h8-9,12,19H,5-7,10-11,29H2,1-4H3/t19?,27-/m0/s1. The monoisotopic (exact) mass is 493 g/mol. The molecule has 182 valence electrons. The Kier molecular flexibility index (Phi) is 4.95. The van der Waals surface area contributed by atoms with Crippen LogP contribution in [-0.4, -0.2) is 21.6 Å². The largest absolute Gasteiger partial charge is 0.458 e. The number of cyclic esters (lactones) is 1. The third-order valence-corrected chi connectivity index (χ3v) is 8.22. The lowest BCUT2D eigenvalue weighted by atomic mass is 9.82. The first-order chi connectivity index (χ1) is 16.7. The number of esters is 1. The zero-order valence-electron chi connectivity index (χ0n) is 20.3. The Labute approximate surface area is 208 Å². The Morgan fingerprint density at radius 1 is 1.29 bits per heavy atom. The third kappa shape index (κ3) is 2.95. The summed E-state index contributed by atoms with van der Waals surface area (Å²) in [6.07, 6.45) is 1.78. The lowest BCUT2D eigenvalue weighted by Gasteiger charge is -2.37. The van der Waals surface area contributed by atoms with Gasteiger partial charge in [-0.05, 0) is 68.9 Å². The fraction of sp³-hybridized carbons (Fsp3) is 0.444. The van der Waals surface area contributed by atoms with E-state index >= 15 is 0 Å². The molecule has 0 fully saturated rings. The minimum Gasteiger partial charge on any atom is -0.458 e. The number of halogens is 1. The van der Waals surface area contributed by atoms with E-state index in [1.807, 2.05) is 39.8 Å². The predicted octanol–water partition coefficient (Wildman–Crippen LogP) is 4.42. The molecule has 4 heterocycles. The number of pyridine rings is 2. The van der Waals surface area contributed by atoms with Crippen molar-refractivity contribution in [2.45, 2.75) is 77.9 Å². The molecule has 3 aromatic rings. The van der Waals surface area contributed by atoms with Gasteiger partial charge in [0.1, 0.15) is 6.61 Å². The van der Waals surface area contributed by atoms with Crippen molar-refractivity contribution in [3.63, 3.8) is 0 Å². The molecule has 2 N–H and O–H groups in total. The SMILES string of the molecule is CC[C@@]1(OC(C)C)C(=O)OCc2c1cc1n(c2=O)Cc2c-1nc1cc(Cl)c(C)c3c1c2C(N)CC3. The number of aryl methyl sites for hydroxylation is 1. The molecule has 0 spiro atoms. The molecule has 2 atom stereocenters. The van der Waals surface area contributed by atoms with Crippen LogP contribution in [0, 0.1) is 6.92 Å². The van der Waals surface area contributed by atoms with E-state index in [1.54, 1.807) is 4.57 Å². The van der Waals surface area contributed by atoms with E-state index < -0.39 is 11.6 Å². The second-order valence-electron chi connectivity index (χ2n) is 10.1. The van der Waals surface area contributed by atoms with Crippen molar-refractivity contribution >= 4 is 28.5 Å². The molecule has 1 unspecified atom stereocenters. The normalized spacial score (nSPS) is 22.3. The first-order valence-electron chi connectivity index (χ1n) is 12.2. The Balaban J connectivity index is 1.67. The molecule has 3 aliphatic rings. The lowest BCUT2D eigenvalue weighted by molar-refractivity contribution is -0.187. The summed E-state index contributed by atoms with van der Waals surface area (Å²) in [6.45, 7) is 7.98. The van der Waals surface area contributed by atoms with E-state index in [0.717, 1.165) is 46.1 Å². The highest BCUT2D eigenvalue weighted by Crippen LogP contribution is 2.46. The molecule has 0 saturated heterocycles. The Hall–Kier alpha value is -2.74. The number of hydrogen-bond acceptors (Lipinski definition) is 6. The fourth-order valence-electron chi connectivity index (χ4n) is 6.18. The number of rotatable bonds is 3. The van der Waals surface area contributed by atoms with Crippen LogP contribution in [-0.2, 0) is 39.4 Å². The molecule has 6 rings (SSSR count). The van der Waals surface area contributed by atoms with Crippen LogP contribution in [0.5, 0.6) is 0 Å². The summed E-state index contributed by atoms with van der Waals surface area (Å²) in [4.78, 5) is 31.8. The van der Waals surface area contributed by atoms with Gasteiger partial charge in [0, 0.05) is 27.6 Å². The first-order valence-corrected chi connectivity index (χ1v) is 12.6. The van der Waals surface area contributed by atoms with Crippen molar-refractivity contribution in [2.24, 2.45) is 5.73 Å². The van der Waals surface area contributed by atoms with Gasteiger partial charge in [-0.3, -0.25) is 4.79 Å². The fourth-order valence-corrected chi connectivity index (χ4v) is 6.39. The van der Waals surface area contributed by atoms with Gasteiger partial charge in [0.2, 0.25) is 0 Å². The first kappa shape index (κ1) is 22.7. The van der Waals surface area contributed by atoms with E-state index in [1.165, 1.54) is 5.56 Å². The smallest absolute Gasteiger partial charge is 0.343 e. The summed E-state index contributed by atoms with van der Waals surface area (Å²) in [6, 6.07) is 3.66. The number of hydrogen-bond donors (Lipinski definition) is 1. The molecular formula is C27H28ClN3O4. The quantitative estimate of drug-likeness (QED) is 0.424. The van der Waals surface area contributed by atoms with Crippen LogP contribution in [0.1, 0.15) is 73.0 Å². The van der Waals surface area contributed by atoms with Crippen molar-refractivity contribution in [3.8, 4) is 11.4 Å². The van der Waals surface area contributed by atoms with Gasteiger partial charge in [-0.1, -0.05) is 18.5 Å². The number of benzene rings is 1. The van der Waals surface area contributed by atoms with Gasteiger partial charge in [-0.2, -0.15) is 0 Å². The minimum absolute atomic E-state index is 0.0619. The molecule has 8 heteroatoms. The molecule has 0 bridgehead atoms. The number of carbonyl (C=O) groups is 1. The van der Waals surface area contributed by atoms with E-state index in [4.69, 9.17) is 31.8 Å². The molecule has 2 aromatic heterocycles. The zero-order chi connectivity index (χ0) is 24.8. The van der Waals surface area contributed by atoms with Gasteiger partial charge in [0.15, 0.2) is 5.60 Å². The highest BCUT2D eigenvalue weighted by atomic mass is 35.5. The molecular weight excluding hydrogens is 466 g/mol. The minimum atomic E-state index is -1.33. The van der Waals surface area contributed by atoms with Gasteiger partial charge < -0.3 is 19.8 Å². The summed E-state index contributed by atoms with van der Waals surface area (Å²) >= 11 is 6.58. The number of nitrogens with zero attached hydrogens (tertiary/aromatic N) is 2. The average molecular weight is 494 g/mol. The number of nitrogens with two attached hydrogens (primary N) is 1. The van der Waals surface area contributed by atoms with Crippen molar-refractivity contribution in [1.82, 2.24) is 9.55 Å². The van der Waals surface area contributed by atoms with E-state index in [9.17, 15) is 9.59 Å². The molecule has 35 heavy (non-hydrogen) atoms. The number of aromatic nitrogens is 2. The zero-order valence-corrected chi connectivity index (χ0v) is 21.1. The molecule has 0 radical (unpaired) electrons. The number of carbonyl (C=O) groups excluding carboxylic acids is 1. The van der Waals surface area contributed by atoms with Crippen molar-refractivity contribution < 1.29 is 14.3 Å². The maximum Gasteiger partial charge on any atom is 0.343 e. The molecule has 2 aliphatic heterocycles. The molecule has 1 aliphatic carbocycles. The molecule has 7 nitrogen and oxygen atoms in total. The predicted molar refractivity (Wildman–Crippen MR) is 134 cm³/mol. The van der Waals surface area contributed by atoms with Crippen LogP contribution in [0.2, 0.25) is 5.02 Å². The van der Waals surface area contributed by atoms with Crippen molar-refractivity contribution in [1.29, 1.82) is 0 Å². The summed E-state index contributed by atoms with van der Waals surface area (Å²) in [7, 11) is 0.